The van der Waals surface area contributed by atoms with E-state index in [1.54, 1.807) is 6.07 Å². The topological polar surface area (TPSA) is 46.9 Å². The Morgan fingerprint density at radius 1 is 1.14 bits per heavy atom. The van der Waals surface area contributed by atoms with Crippen LogP contribution in [0.4, 0.5) is 23.2 Å². The van der Waals surface area contributed by atoms with Crippen LogP contribution < -0.4 is 5.32 Å². The van der Waals surface area contributed by atoms with E-state index in [1.165, 1.54) is 59.6 Å². The van der Waals surface area contributed by atoms with Gasteiger partial charge in [0.25, 0.3) is 0 Å². The number of hydrogen-bond acceptors (Lipinski definition) is 2. The molecule has 3 aromatic rings. The second-order valence-corrected chi connectivity index (χ2v) is 6.00. The van der Waals surface area contributed by atoms with E-state index in [9.17, 15) is 22.4 Å². The van der Waals surface area contributed by atoms with Crippen molar-refractivity contribution < 1.29 is 22.4 Å². The lowest BCUT2D eigenvalue weighted by molar-refractivity contribution is -0.137. The quantitative estimate of drug-likeness (QED) is 0.506. The van der Waals surface area contributed by atoms with E-state index in [2.05, 4.69) is 10.4 Å². The number of nitrogens with zero attached hydrogens (tertiary/aromatic N) is 2. The smallest absolute Gasteiger partial charge is 0.320 e. The van der Waals surface area contributed by atoms with Crippen molar-refractivity contribution in [3.05, 3.63) is 89.5 Å². The van der Waals surface area contributed by atoms with Crippen molar-refractivity contribution >= 4 is 17.7 Å². The summed E-state index contributed by atoms with van der Waals surface area (Å²) in [6, 6.07) is 10.6. The molecule has 0 radical (unpaired) electrons. The number of halogens is 4. The fourth-order valence-electron chi connectivity index (χ4n) is 2.48. The van der Waals surface area contributed by atoms with Gasteiger partial charge in [-0.2, -0.15) is 18.3 Å². The molecule has 0 unspecified atom stereocenters. The predicted molar refractivity (Wildman–Crippen MR) is 96.8 cm³/mol. The zero-order chi connectivity index (χ0) is 20.1. The van der Waals surface area contributed by atoms with Crippen LogP contribution in [-0.2, 0) is 17.5 Å². The van der Waals surface area contributed by atoms with Crippen LogP contribution >= 0.6 is 0 Å². The molecule has 1 N–H and O–H groups in total. The van der Waals surface area contributed by atoms with Gasteiger partial charge in [-0.25, -0.2) is 4.39 Å². The molecule has 0 fully saturated rings. The molecule has 1 heterocycles. The lowest BCUT2D eigenvalue weighted by Crippen LogP contribution is -2.08. The number of rotatable bonds is 5. The van der Waals surface area contributed by atoms with Gasteiger partial charge in [-0.05, 0) is 41.5 Å². The van der Waals surface area contributed by atoms with Crippen molar-refractivity contribution in [3.63, 3.8) is 0 Å². The number of carbonyl (C=O) groups excluding carboxylic acids is 1. The van der Waals surface area contributed by atoms with Gasteiger partial charge in [0.1, 0.15) is 5.82 Å². The normalized spacial score (nSPS) is 11.7. The Bertz CT molecular complexity index is 991. The number of hydrogen-bond donors (Lipinski definition) is 1. The van der Waals surface area contributed by atoms with Crippen LogP contribution in [0.5, 0.6) is 0 Å². The SMILES string of the molecule is O=C(/C=C/c1ccc(F)cc1)Nc1cnn(Cc2cccc(C(F)(F)F)c2)c1. The Morgan fingerprint density at radius 3 is 2.61 bits per heavy atom. The highest BCUT2D eigenvalue weighted by molar-refractivity contribution is 6.01. The summed E-state index contributed by atoms with van der Waals surface area (Å²) in [5, 5.41) is 6.64. The molecular weight excluding hydrogens is 374 g/mol. The molecule has 4 nitrogen and oxygen atoms in total. The van der Waals surface area contributed by atoms with E-state index < -0.39 is 17.6 Å². The van der Waals surface area contributed by atoms with Gasteiger partial charge in [0.2, 0.25) is 5.91 Å². The molecule has 0 atom stereocenters. The van der Waals surface area contributed by atoms with Gasteiger partial charge in [-0.1, -0.05) is 24.3 Å². The third-order valence-electron chi connectivity index (χ3n) is 3.80. The number of nitrogens with one attached hydrogen (secondary N) is 1. The van der Waals surface area contributed by atoms with Crippen LogP contribution in [0.3, 0.4) is 0 Å². The highest BCUT2D eigenvalue weighted by atomic mass is 19.4. The lowest BCUT2D eigenvalue weighted by atomic mass is 10.1. The van der Waals surface area contributed by atoms with Crippen LogP contribution in [0.1, 0.15) is 16.7 Å². The number of benzene rings is 2. The third-order valence-corrected chi connectivity index (χ3v) is 3.80. The van der Waals surface area contributed by atoms with E-state index >= 15 is 0 Å². The summed E-state index contributed by atoms with van der Waals surface area (Å²) in [5.41, 5.74) is 0.779. The summed E-state index contributed by atoms with van der Waals surface area (Å²) in [6.45, 7) is 0.130. The van der Waals surface area contributed by atoms with E-state index in [-0.39, 0.29) is 12.4 Å². The Morgan fingerprint density at radius 2 is 1.89 bits per heavy atom. The van der Waals surface area contributed by atoms with E-state index in [0.29, 0.717) is 16.8 Å². The van der Waals surface area contributed by atoms with Gasteiger partial charge < -0.3 is 5.32 Å². The minimum absolute atomic E-state index is 0.130. The average molecular weight is 389 g/mol. The van der Waals surface area contributed by atoms with Crippen molar-refractivity contribution in [2.45, 2.75) is 12.7 Å². The van der Waals surface area contributed by atoms with Gasteiger partial charge in [0.05, 0.1) is 24.0 Å². The second kappa shape index (κ2) is 8.08. The predicted octanol–water partition coefficient (Wildman–Crippen LogP) is 4.74. The van der Waals surface area contributed by atoms with Crippen molar-refractivity contribution in [1.82, 2.24) is 9.78 Å². The molecule has 0 aliphatic rings. The lowest BCUT2D eigenvalue weighted by Gasteiger charge is -2.08. The Balaban J connectivity index is 1.61. The number of amides is 1. The van der Waals surface area contributed by atoms with Crippen molar-refractivity contribution in [2.75, 3.05) is 5.32 Å². The second-order valence-electron chi connectivity index (χ2n) is 6.00. The summed E-state index contributed by atoms with van der Waals surface area (Å²) in [7, 11) is 0. The fraction of sp³-hybridized carbons (Fsp3) is 0.100. The summed E-state index contributed by atoms with van der Waals surface area (Å²) >= 11 is 0. The molecule has 144 valence electrons. The van der Waals surface area contributed by atoms with Gasteiger partial charge in [0.15, 0.2) is 0 Å². The van der Waals surface area contributed by atoms with Crippen LogP contribution in [0.25, 0.3) is 6.08 Å². The first-order chi connectivity index (χ1) is 13.3. The summed E-state index contributed by atoms with van der Waals surface area (Å²) in [5.74, 6) is -0.780. The minimum atomic E-state index is -4.41. The maximum absolute atomic E-state index is 12.8. The number of aromatic nitrogens is 2. The summed E-state index contributed by atoms with van der Waals surface area (Å²) in [4.78, 5) is 11.9. The Labute approximate surface area is 158 Å². The first kappa shape index (κ1) is 19.3. The molecule has 0 spiro atoms. The largest absolute Gasteiger partial charge is 0.416 e. The number of alkyl halides is 3. The molecule has 3 rings (SSSR count). The minimum Gasteiger partial charge on any atom is -0.320 e. The van der Waals surface area contributed by atoms with Crippen molar-refractivity contribution in [2.24, 2.45) is 0 Å². The van der Waals surface area contributed by atoms with Gasteiger partial charge in [0, 0.05) is 12.3 Å². The molecule has 2 aromatic carbocycles. The van der Waals surface area contributed by atoms with Crippen LogP contribution in [0.2, 0.25) is 0 Å². The molecule has 28 heavy (non-hydrogen) atoms. The van der Waals surface area contributed by atoms with E-state index in [0.717, 1.165) is 12.1 Å². The average Bonchev–Trinajstić information content (AvgIpc) is 3.07. The van der Waals surface area contributed by atoms with Gasteiger partial charge in [-0.3, -0.25) is 9.48 Å². The molecule has 8 heteroatoms. The van der Waals surface area contributed by atoms with Crippen LogP contribution in [0, 0.1) is 5.82 Å². The Hall–Kier alpha value is -3.42. The third kappa shape index (κ3) is 5.29. The first-order valence-corrected chi connectivity index (χ1v) is 8.23. The molecule has 1 aromatic heterocycles. The monoisotopic (exact) mass is 389 g/mol. The molecule has 0 saturated carbocycles. The highest BCUT2D eigenvalue weighted by Crippen LogP contribution is 2.29. The maximum Gasteiger partial charge on any atom is 0.416 e. The van der Waals surface area contributed by atoms with Crippen LogP contribution in [-0.4, -0.2) is 15.7 Å². The molecule has 1 amide bonds. The van der Waals surface area contributed by atoms with Gasteiger partial charge >= 0.3 is 6.18 Å². The van der Waals surface area contributed by atoms with Gasteiger partial charge in [-0.15, -0.1) is 0 Å². The number of carbonyl (C=O) groups is 1. The fourth-order valence-corrected chi connectivity index (χ4v) is 2.48. The molecule has 0 saturated heterocycles. The zero-order valence-electron chi connectivity index (χ0n) is 14.4. The molecule has 0 aliphatic heterocycles. The highest BCUT2D eigenvalue weighted by Gasteiger charge is 2.30. The zero-order valence-corrected chi connectivity index (χ0v) is 14.4. The maximum atomic E-state index is 12.8. The summed E-state index contributed by atoms with van der Waals surface area (Å²) < 4.78 is 52.6. The standard InChI is InChI=1S/C20H15F4N3O/c21-17-7-4-14(5-8-17)6-9-19(28)26-18-11-25-27(13-18)12-15-2-1-3-16(10-15)20(22,23)24/h1-11,13H,12H2,(H,26,28)/b9-6+. The molecule has 0 aliphatic carbocycles. The number of anilines is 1. The van der Waals surface area contributed by atoms with Crippen LogP contribution in [0.15, 0.2) is 67.0 Å². The first-order valence-electron chi connectivity index (χ1n) is 8.23. The van der Waals surface area contributed by atoms with E-state index in [4.69, 9.17) is 0 Å². The Kier molecular flexibility index (Phi) is 5.58. The van der Waals surface area contributed by atoms with E-state index in [1.807, 2.05) is 0 Å². The van der Waals surface area contributed by atoms with Crippen molar-refractivity contribution in [1.29, 1.82) is 0 Å². The molecular formula is C20H15F4N3O. The van der Waals surface area contributed by atoms with Crippen molar-refractivity contribution in [3.8, 4) is 0 Å². The molecule has 0 bridgehead atoms. The summed E-state index contributed by atoms with van der Waals surface area (Å²) in [6.07, 6.45) is 1.33.